The normalized spacial score (nSPS) is 16.6. The van der Waals surface area contributed by atoms with E-state index in [9.17, 15) is 4.79 Å². The molecule has 1 unspecified atom stereocenters. The van der Waals surface area contributed by atoms with Gasteiger partial charge >= 0.3 is 0 Å². The quantitative estimate of drug-likeness (QED) is 0.568. The zero-order valence-corrected chi connectivity index (χ0v) is 17.1. The number of halogens is 1. The van der Waals surface area contributed by atoms with Crippen LogP contribution in [0, 0.1) is 0 Å². The first-order valence-corrected chi connectivity index (χ1v) is 10.0. The molecule has 29 heavy (non-hydrogen) atoms. The largest absolute Gasteiger partial charge is 0.491 e. The molecule has 1 aliphatic heterocycles. The van der Waals surface area contributed by atoms with Crippen molar-refractivity contribution in [1.29, 1.82) is 0 Å². The van der Waals surface area contributed by atoms with E-state index in [2.05, 4.69) is 10.1 Å². The maximum absolute atomic E-state index is 12.5. The number of rotatable bonds is 6. The monoisotopic (exact) mass is 411 g/mol. The fourth-order valence-electron chi connectivity index (χ4n) is 3.44. The van der Waals surface area contributed by atoms with Gasteiger partial charge in [-0.15, -0.1) is 0 Å². The minimum atomic E-state index is -0.247. The lowest BCUT2D eigenvalue weighted by molar-refractivity contribution is -0.129. The standard InChI is InChI=1S/C22H22ClN3O3/c1-14(2)28-17-9-7-15(8-10-17)21-24-22(29-25-21)19-11-12-20(27)26(19)13-16-5-3-4-6-18(16)23/h3-10,14,19H,11-13H2,1-2H3. The molecule has 1 amide bonds. The molecule has 0 radical (unpaired) electrons. The van der Waals surface area contributed by atoms with Crippen molar-refractivity contribution in [3.63, 3.8) is 0 Å². The van der Waals surface area contributed by atoms with Crippen LogP contribution in [-0.4, -0.2) is 27.1 Å². The number of benzene rings is 2. The Hall–Kier alpha value is -2.86. The third kappa shape index (κ3) is 4.27. The lowest BCUT2D eigenvalue weighted by Gasteiger charge is -2.22. The number of hydrogen-bond acceptors (Lipinski definition) is 5. The molecule has 2 heterocycles. The van der Waals surface area contributed by atoms with Crippen LogP contribution in [0.3, 0.4) is 0 Å². The van der Waals surface area contributed by atoms with Gasteiger partial charge in [0.1, 0.15) is 11.8 Å². The molecular formula is C22H22ClN3O3. The molecule has 4 rings (SSSR count). The molecule has 0 saturated carbocycles. The third-order valence-corrected chi connectivity index (χ3v) is 5.21. The summed E-state index contributed by atoms with van der Waals surface area (Å²) in [6.07, 6.45) is 1.21. The molecule has 1 aliphatic rings. The SMILES string of the molecule is CC(C)Oc1ccc(-c2noc(C3CCC(=O)N3Cc3ccccc3Cl)n2)cc1. The highest BCUT2D eigenvalue weighted by Gasteiger charge is 2.36. The lowest BCUT2D eigenvalue weighted by Crippen LogP contribution is -2.27. The molecular weight excluding hydrogens is 390 g/mol. The Labute approximate surface area is 174 Å². The first-order chi connectivity index (χ1) is 14.0. The second-order valence-electron chi connectivity index (χ2n) is 7.31. The summed E-state index contributed by atoms with van der Waals surface area (Å²) in [5.74, 6) is 1.79. The van der Waals surface area contributed by atoms with Crippen molar-refractivity contribution in [2.24, 2.45) is 0 Å². The van der Waals surface area contributed by atoms with E-state index in [1.165, 1.54) is 0 Å². The number of aromatic nitrogens is 2. The maximum Gasteiger partial charge on any atom is 0.249 e. The van der Waals surface area contributed by atoms with Gasteiger partial charge in [0, 0.05) is 23.6 Å². The molecule has 1 fully saturated rings. The minimum absolute atomic E-state index is 0.0601. The third-order valence-electron chi connectivity index (χ3n) is 4.84. The van der Waals surface area contributed by atoms with Crippen LogP contribution in [0.5, 0.6) is 5.75 Å². The number of nitrogens with zero attached hydrogens (tertiary/aromatic N) is 3. The Morgan fingerprint density at radius 1 is 1.21 bits per heavy atom. The van der Waals surface area contributed by atoms with E-state index >= 15 is 0 Å². The molecule has 0 bridgehead atoms. The van der Waals surface area contributed by atoms with Gasteiger partial charge in [0.2, 0.25) is 17.6 Å². The van der Waals surface area contributed by atoms with Crippen molar-refractivity contribution in [2.75, 3.05) is 0 Å². The van der Waals surface area contributed by atoms with Gasteiger partial charge in [0.05, 0.1) is 6.10 Å². The van der Waals surface area contributed by atoms with Gasteiger partial charge in [0.25, 0.3) is 0 Å². The number of ether oxygens (including phenoxy) is 1. The van der Waals surface area contributed by atoms with Gasteiger partial charge in [-0.1, -0.05) is 35.0 Å². The predicted octanol–water partition coefficient (Wildman–Crippen LogP) is 5.04. The zero-order chi connectivity index (χ0) is 20.4. The van der Waals surface area contributed by atoms with Gasteiger partial charge in [-0.3, -0.25) is 4.79 Å². The Kier molecular flexibility index (Phi) is 5.53. The van der Waals surface area contributed by atoms with Crippen LogP contribution in [0.15, 0.2) is 53.1 Å². The molecule has 0 aliphatic carbocycles. The molecule has 1 atom stereocenters. The summed E-state index contributed by atoms with van der Waals surface area (Å²) >= 11 is 6.27. The summed E-state index contributed by atoms with van der Waals surface area (Å²) in [4.78, 5) is 18.8. The first-order valence-electron chi connectivity index (χ1n) is 9.65. The second kappa shape index (κ2) is 8.25. The summed E-state index contributed by atoms with van der Waals surface area (Å²) in [5, 5.41) is 4.75. The van der Waals surface area contributed by atoms with Crippen molar-refractivity contribution < 1.29 is 14.1 Å². The Balaban J connectivity index is 1.53. The highest BCUT2D eigenvalue weighted by atomic mass is 35.5. The maximum atomic E-state index is 12.5. The number of amides is 1. The van der Waals surface area contributed by atoms with Crippen molar-refractivity contribution in [2.45, 2.75) is 45.4 Å². The number of likely N-dealkylation sites (tertiary alicyclic amines) is 1. The molecule has 6 nitrogen and oxygen atoms in total. The lowest BCUT2D eigenvalue weighted by atomic mass is 10.1. The van der Waals surface area contributed by atoms with Crippen LogP contribution in [-0.2, 0) is 11.3 Å². The Morgan fingerprint density at radius 3 is 2.69 bits per heavy atom. The van der Waals surface area contributed by atoms with Gasteiger partial charge in [0.15, 0.2) is 0 Å². The number of carbonyl (C=O) groups excluding carboxylic acids is 1. The van der Waals surface area contributed by atoms with Crippen molar-refractivity contribution in [3.8, 4) is 17.1 Å². The van der Waals surface area contributed by atoms with Crippen LogP contribution in [0.25, 0.3) is 11.4 Å². The summed E-state index contributed by atoms with van der Waals surface area (Å²) < 4.78 is 11.2. The summed E-state index contributed by atoms with van der Waals surface area (Å²) in [7, 11) is 0. The molecule has 150 valence electrons. The second-order valence-corrected chi connectivity index (χ2v) is 7.72. The highest BCUT2D eigenvalue weighted by molar-refractivity contribution is 6.31. The van der Waals surface area contributed by atoms with Crippen LogP contribution >= 0.6 is 11.6 Å². The topological polar surface area (TPSA) is 68.5 Å². The molecule has 7 heteroatoms. The van der Waals surface area contributed by atoms with Crippen LogP contribution < -0.4 is 4.74 Å². The average Bonchev–Trinajstić information content (AvgIpc) is 3.31. The highest BCUT2D eigenvalue weighted by Crippen LogP contribution is 2.35. The molecule has 1 saturated heterocycles. The van der Waals surface area contributed by atoms with Gasteiger partial charge in [-0.05, 0) is 56.2 Å². The van der Waals surface area contributed by atoms with Crippen LogP contribution in [0.1, 0.15) is 44.2 Å². The first kappa shape index (κ1) is 19.5. The molecule has 3 aromatic rings. The van der Waals surface area contributed by atoms with Crippen LogP contribution in [0.2, 0.25) is 5.02 Å². The summed E-state index contributed by atoms with van der Waals surface area (Å²) in [6, 6.07) is 14.8. The van der Waals surface area contributed by atoms with Gasteiger partial charge in [-0.2, -0.15) is 4.98 Å². The van der Waals surface area contributed by atoms with Crippen molar-refractivity contribution in [1.82, 2.24) is 15.0 Å². The van der Waals surface area contributed by atoms with E-state index in [1.54, 1.807) is 4.90 Å². The molecule has 1 aromatic heterocycles. The van der Waals surface area contributed by atoms with E-state index in [0.29, 0.717) is 36.1 Å². The van der Waals surface area contributed by atoms with Gasteiger partial charge in [-0.25, -0.2) is 0 Å². The Morgan fingerprint density at radius 2 is 1.97 bits per heavy atom. The van der Waals surface area contributed by atoms with Crippen molar-refractivity contribution >= 4 is 17.5 Å². The summed E-state index contributed by atoms with van der Waals surface area (Å²) in [5.41, 5.74) is 1.73. The van der Waals surface area contributed by atoms with E-state index in [4.69, 9.17) is 20.9 Å². The van der Waals surface area contributed by atoms with Crippen molar-refractivity contribution in [3.05, 3.63) is 65.0 Å². The molecule has 2 aromatic carbocycles. The molecule has 0 N–H and O–H groups in total. The Bertz CT molecular complexity index is 1000. The fourth-order valence-corrected chi connectivity index (χ4v) is 3.64. The van der Waals surface area contributed by atoms with E-state index in [0.717, 1.165) is 16.9 Å². The summed E-state index contributed by atoms with van der Waals surface area (Å²) in [6.45, 7) is 4.38. The minimum Gasteiger partial charge on any atom is -0.491 e. The smallest absolute Gasteiger partial charge is 0.249 e. The number of hydrogen-bond donors (Lipinski definition) is 0. The zero-order valence-electron chi connectivity index (χ0n) is 16.3. The number of carbonyl (C=O) groups is 1. The van der Waals surface area contributed by atoms with Gasteiger partial charge < -0.3 is 14.2 Å². The van der Waals surface area contributed by atoms with E-state index < -0.39 is 0 Å². The predicted molar refractivity (Wildman–Crippen MR) is 109 cm³/mol. The average molecular weight is 412 g/mol. The van der Waals surface area contributed by atoms with E-state index in [1.807, 2.05) is 62.4 Å². The fraction of sp³-hybridized carbons (Fsp3) is 0.318. The van der Waals surface area contributed by atoms with Crippen LogP contribution in [0.4, 0.5) is 0 Å². The molecule has 0 spiro atoms. The van der Waals surface area contributed by atoms with E-state index in [-0.39, 0.29) is 18.1 Å².